The van der Waals surface area contributed by atoms with E-state index in [9.17, 15) is 4.39 Å². The third kappa shape index (κ3) is 3.03. The first-order valence-corrected chi connectivity index (χ1v) is 6.90. The first kappa shape index (κ1) is 13.4. The van der Waals surface area contributed by atoms with Crippen molar-refractivity contribution in [2.45, 2.75) is 30.8 Å². The lowest BCUT2D eigenvalue weighted by atomic mass is 10.2. The zero-order valence-electron chi connectivity index (χ0n) is 10.1. The number of thioether (sulfide) groups is 1. The van der Waals surface area contributed by atoms with Crippen LogP contribution in [0.2, 0.25) is 5.02 Å². The Balaban J connectivity index is 2.09. The molecule has 1 heterocycles. The number of rotatable bonds is 4. The van der Waals surface area contributed by atoms with Crippen LogP contribution in [0.5, 0.6) is 0 Å². The zero-order valence-corrected chi connectivity index (χ0v) is 11.7. The fraction of sp³-hybridized carbons (Fsp3) is 0.333. The van der Waals surface area contributed by atoms with Gasteiger partial charge in [0.15, 0.2) is 5.16 Å². The van der Waals surface area contributed by atoms with E-state index in [-0.39, 0.29) is 5.82 Å². The van der Waals surface area contributed by atoms with Crippen LogP contribution in [0.1, 0.15) is 25.5 Å². The molecule has 0 aliphatic rings. The number of hydrogen-bond acceptors (Lipinski definition) is 3. The molecule has 0 aliphatic carbocycles. The molecule has 0 radical (unpaired) electrons. The van der Waals surface area contributed by atoms with Gasteiger partial charge in [0.2, 0.25) is 0 Å². The van der Waals surface area contributed by atoms with Crippen molar-refractivity contribution in [2.75, 3.05) is 0 Å². The van der Waals surface area contributed by atoms with Crippen molar-refractivity contribution in [1.82, 2.24) is 14.8 Å². The summed E-state index contributed by atoms with van der Waals surface area (Å²) in [6.07, 6.45) is 1.71. The van der Waals surface area contributed by atoms with Gasteiger partial charge in [-0.15, -0.1) is 10.2 Å². The summed E-state index contributed by atoms with van der Waals surface area (Å²) in [7, 11) is 0. The van der Waals surface area contributed by atoms with Gasteiger partial charge >= 0.3 is 0 Å². The van der Waals surface area contributed by atoms with E-state index in [1.165, 1.54) is 23.9 Å². The molecule has 18 heavy (non-hydrogen) atoms. The van der Waals surface area contributed by atoms with E-state index in [1.807, 2.05) is 4.57 Å². The highest BCUT2D eigenvalue weighted by molar-refractivity contribution is 7.98. The number of benzene rings is 1. The Kier molecular flexibility index (Phi) is 4.24. The van der Waals surface area contributed by atoms with Gasteiger partial charge < -0.3 is 4.57 Å². The van der Waals surface area contributed by atoms with Gasteiger partial charge in [-0.3, -0.25) is 0 Å². The monoisotopic (exact) mass is 285 g/mol. The Morgan fingerprint density at radius 2 is 2.22 bits per heavy atom. The minimum absolute atomic E-state index is 0.311. The molecule has 0 saturated heterocycles. The Morgan fingerprint density at radius 3 is 2.89 bits per heavy atom. The molecule has 6 heteroatoms. The van der Waals surface area contributed by atoms with Crippen LogP contribution >= 0.6 is 23.4 Å². The van der Waals surface area contributed by atoms with Crippen molar-refractivity contribution < 1.29 is 4.39 Å². The van der Waals surface area contributed by atoms with Crippen LogP contribution in [-0.4, -0.2) is 14.8 Å². The second kappa shape index (κ2) is 5.71. The summed E-state index contributed by atoms with van der Waals surface area (Å²) < 4.78 is 14.9. The molecule has 0 aliphatic heterocycles. The van der Waals surface area contributed by atoms with Crippen molar-refractivity contribution >= 4 is 23.4 Å². The quantitative estimate of drug-likeness (QED) is 0.797. The lowest BCUT2D eigenvalue weighted by Gasteiger charge is -2.09. The maximum Gasteiger partial charge on any atom is 0.191 e. The SMILES string of the molecule is CC(C)n1cnnc1SCc1ccc(F)cc1Cl. The highest BCUT2D eigenvalue weighted by Crippen LogP contribution is 2.27. The lowest BCUT2D eigenvalue weighted by Crippen LogP contribution is -2.01. The second-order valence-corrected chi connectivity index (χ2v) is 5.49. The van der Waals surface area contributed by atoms with Gasteiger partial charge in [-0.1, -0.05) is 29.4 Å². The van der Waals surface area contributed by atoms with Gasteiger partial charge in [0.25, 0.3) is 0 Å². The third-order valence-electron chi connectivity index (χ3n) is 2.47. The first-order valence-electron chi connectivity index (χ1n) is 5.54. The van der Waals surface area contributed by atoms with Crippen molar-refractivity contribution in [3.63, 3.8) is 0 Å². The summed E-state index contributed by atoms with van der Waals surface area (Å²) in [5, 5.41) is 9.23. The van der Waals surface area contributed by atoms with Crippen molar-refractivity contribution in [2.24, 2.45) is 0 Å². The third-order valence-corrected chi connectivity index (χ3v) is 3.83. The molecule has 3 nitrogen and oxygen atoms in total. The Hall–Kier alpha value is -1.07. The molecular weight excluding hydrogens is 273 g/mol. The van der Waals surface area contributed by atoms with Crippen molar-refractivity contribution in [1.29, 1.82) is 0 Å². The number of aromatic nitrogens is 3. The molecule has 96 valence electrons. The highest BCUT2D eigenvalue weighted by Gasteiger charge is 2.09. The maximum absolute atomic E-state index is 12.9. The second-order valence-electron chi connectivity index (χ2n) is 4.14. The molecule has 0 atom stereocenters. The normalized spacial score (nSPS) is 11.2. The molecule has 1 aromatic heterocycles. The lowest BCUT2D eigenvalue weighted by molar-refractivity contribution is 0.549. The van der Waals surface area contributed by atoms with E-state index >= 15 is 0 Å². The summed E-state index contributed by atoms with van der Waals surface area (Å²) in [5.41, 5.74) is 0.890. The predicted octanol–water partition coefficient (Wildman–Crippen LogP) is 3.94. The predicted molar refractivity (Wildman–Crippen MR) is 71.4 cm³/mol. The molecule has 2 aromatic rings. The molecule has 0 spiro atoms. The fourth-order valence-corrected chi connectivity index (χ4v) is 2.83. The molecule has 0 bridgehead atoms. The maximum atomic E-state index is 12.9. The van der Waals surface area contributed by atoms with Gasteiger partial charge in [-0.2, -0.15) is 0 Å². The Morgan fingerprint density at radius 1 is 1.44 bits per heavy atom. The van der Waals surface area contributed by atoms with Crippen molar-refractivity contribution in [3.05, 3.63) is 40.9 Å². The van der Waals surface area contributed by atoms with E-state index in [2.05, 4.69) is 24.0 Å². The molecule has 0 fully saturated rings. The van der Waals surface area contributed by atoms with Crippen LogP contribution in [-0.2, 0) is 5.75 Å². The van der Waals surface area contributed by atoms with Gasteiger partial charge in [-0.05, 0) is 31.5 Å². The van der Waals surface area contributed by atoms with E-state index in [0.717, 1.165) is 10.7 Å². The first-order chi connectivity index (χ1) is 8.58. The minimum Gasteiger partial charge on any atom is -0.306 e. The standard InChI is InChI=1S/C12H13ClFN3S/c1-8(2)17-7-15-16-12(17)18-6-9-3-4-10(14)5-11(9)13/h3-5,7-8H,6H2,1-2H3. The van der Waals surface area contributed by atoms with E-state index < -0.39 is 0 Å². The highest BCUT2D eigenvalue weighted by atomic mass is 35.5. The number of halogens is 2. The Labute approximate surface area is 114 Å². The summed E-state index contributed by atoms with van der Waals surface area (Å²) in [6, 6.07) is 4.74. The molecule has 0 N–H and O–H groups in total. The minimum atomic E-state index is -0.320. The van der Waals surface area contributed by atoms with Crippen molar-refractivity contribution in [3.8, 4) is 0 Å². The van der Waals surface area contributed by atoms with Gasteiger partial charge in [0, 0.05) is 16.8 Å². The zero-order chi connectivity index (χ0) is 13.1. The summed E-state index contributed by atoms with van der Waals surface area (Å²) in [5.74, 6) is 0.323. The van der Waals surface area contributed by atoms with Crippen LogP contribution in [0.25, 0.3) is 0 Å². The van der Waals surface area contributed by atoms with Gasteiger partial charge in [0.1, 0.15) is 12.1 Å². The molecule has 0 amide bonds. The Bertz CT molecular complexity index is 542. The molecule has 0 saturated carbocycles. The van der Waals surface area contributed by atoms with Crippen LogP contribution in [0.15, 0.2) is 29.7 Å². The smallest absolute Gasteiger partial charge is 0.191 e. The molecule has 2 rings (SSSR count). The van der Waals surface area contributed by atoms with Gasteiger partial charge in [0.05, 0.1) is 0 Å². The van der Waals surface area contributed by atoms with Crippen LogP contribution in [0.3, 0.4) is 0 Å². The molecule has 0 unspecified atom stereocenters. The van der Waals surface area contributed by atoms with Gasteiger partial charge in [-0.25, -0.2) is 4.39 Å². The fourth-order valence-electron chi connectivity index (χ4n) is 1.47. The summed E-state index contributed by atoms with van der Waals surface area (Å²) in [4.78, 5) is 0. The van der Waals surface area contributed by atoms with Crippen LogP contribution in [0.4, 0.5) is 4.39 Å². The average molecular weight is 286 g/mol. The number of nitrogens with zero attached hydrogens (tertiary/aromatic N) is 3. The number of hydrogen-bond donors (Lipinski definition) is 0. The van der Waals surface area contributed by atoms with E-state index in [0.29, 0.717) is 16.8 Å². The summed E-state index contributed by atoms with van der Waals surface area (Å²) in [6.45, 7) is 4.14. The topological polar surface area (TPSA) is 30.7 Å². The average Bonchev–Trinajstić information content (AvgIpc) is 2.76. The summed E-state index contributed by atoms with van der Waals surface area (Å²) >= 11 is 7.51. The molecule has 1 aromatic carbocycles. The largest absolute Gasteiger partial charge is 0.306 e. The van der Waals surface area contributed by atoms with Crippen LogP contribution < -0.4 is 0 Å². The van der Waals surface area contributed by atoms with Crippen LogP contribution in [0, 0.1) is 5.82 Å². The molecular formula is C12H13ClFN3S. The van der Waals surface area contributed by atoms with E-state index in [1.54, 1.807) is 12.4 Å². The van der Waals surface area contributed by atoms with E-state index in [4.69, 9.17) is 11.6 Å².